The van der Waals surface area contributed by atoms with Crippen LogP contribution in [0.1, 0.15) is 18.9 Å². The van der Waals surface area contributed by atoms with E-state index >= 15 is 0 Å². The molecule has 1 aromatic rings. The van der Waals surface area contributed by atoms with Crippen molar-refractivity contribution >= 4 is 46.8 Å². The summed E-state index contributed by atoms with van der Waals surface area (Å²) in [5, 5.41) is 10.1. The van der Waals surface area contributed by atoms with Gasteiger partial charge in [-0.3, -0.25) is 9.59 Å². The zero-order valence-electron chi connectivity index (χ0n) is 12.8. The van der Waals surface area contributed by atoms with E-state index in [0.717, 1.165) is 11.3 Å². The molecular weight excluding hydrogens is 357 g/mol. The quantitative estimate of drug-likeness (QED) is 0.853. The molecule has 1 fully saturated rings. The second kappa shape index (κ2) is 8.27. The van der Waals surface area contributed by atoms with Crippen molar-refractivity contribution in [1.29, 1.82) is 0 Å². The highest BCUT2D eigenvalue weighted by molar-refractivity contribution is 7.99. The Bertz CT molecular complexity index is 597. The molecule has 1 aliphatic rings. The van der Waals surface area contributed by atoms with Crippen LogP contribution in [0, 0.1) is 5.92 Å². The van der Waals surface area contributed by atoms with Gasteiger partial charge in [-0.05, 0) is 24.1 Å². The van der Waals surface area contributed by atoms with Crippen LogP contribution in [0.3, 0.4) is 0 Å². The summed E-state index contributed by atoms with van der Waals surface area (Å²) in [6.45, 7) is 2.45. The number of hydrogen-bond donors (Lipinski definition) is 1. The van der Waals surface area contributed by atoms with Crippen molar-refractivity contribution in [1.82, 2.24) is 4.90 Å². The van der Waals surface area contributed by atoms with Crippen molar-refractivity contribution in [2.75, 3.05) is 18.1 Å². The van der Waals surface area contributed by atoms with Crippen LogP contribution in [0.2, 0.25) is 10.0 Å². The van der Waals surface area contributed by atoms with Gasteiger partial charge in [0.2, 0.25) is 5.91 Å². The zero-order chi connectivity index (χ0) is 17.0. The minimum Gasteiger partial charge on any atom is -0.481 e. The number of benzene rings is 1. The van der Waals surface area contributed by atoms with E-state index in [4.69, 9.17) is 28.3 Å². The van der Waals surface area contributed by atoms with E-state index in [0.29, 0.717) is 28.8 Å². The molecule has 1 amide bonds. The Kier molecular flexibility index (Phi) is 6.62. The fourth-order valence-corrected chi connectivity index (χ4v) is 4.25. The van der Waals surface area contributed by atoms with Gasteiger partial charge in [-0.15, -0.1) is 0 Å². The molecular formula is C16H19Cl2NO3S. The van der Waals surface area contributed by atoms with Gasteiger partial charge in [0.25, 0.3) is 0 Å². The summed E-state index contributed by atoms with van der Waals surface area (Å²) in [6, 6.07) is 5.02. The number of nitrogens with zero attached hydrogens (tertiary/aromatic N) is 1. The molecule has 23 heavy (non-hydrogen) atoms. The van der Waals surface area contributed by atoms with Crippen molar-refractivity contribution < 1.29 is 14.7 Å². The molecule has 0 radical (unpaired) electrons. The van der Waals surface area contributed by atoms with Gasteiger partial charge in [-0.25, -0.2) is 0 Å². The highest BCUT2D eigenvalue weighted by Crippen LogP contribution is 2.26. The number of carbonyl (C=O) groups is 2. The summed E-state index contributed by atoms with van der Waals surface area (Å²) in [7, 11) is 0. The monoisotopic (exact) mass is 375 g/mol. The number of rotatable bonds is 5. The van der Waals surface area contributed by atoms with E-state index in [1.807, 2.05) is 13.0 Å². The third-order valence-corrected chi connectivity index (χ3v) is 5.56. The van der Waals surface area contributed by atoms with Crippen LogP contribution in [-0.4, -0.2) is 46.0 Å². The molecule has 1 heterocycles. The average molecular weight is 376 g/mol. The molecule has 1 aromatic carbocycles. The highest BCUT2D eigenvalue weighted by Gasteiger charge is 2.31. The number of carboxylic acids is 1. The van der Waals surface area contributed by atoms with Crippen molar-refractivity contribution in [3.05, 3.63) is 33.8 Å². The number of carboxylic acid groups (broad SMARTS) is 1. The first-order chi connectivity index (χ1) is 10.9. The number of halogens is 2. The topological polar surface area (TPSA) is 57.6 Å². The van der Waals surface area contributed by atoms with Crippen molar-refractivity contribution in [2.24, 2.45) is 5.92 Å². The molecule has 0 spiro atoms. The largest absolute Gasteiger partial charge is 0.481 e. The van der Waals surface area contributed by atoms with Gasteiger partial charge in [-0.1, -0.05) is 36.2 Å². The van der Waals surface area contributed by atoms with Crippen molar-refractivity contribution in [2.45, 2.75) is 25.8 Å². The van der Waals surface area contributed by atoms with Gasteiger partial charge in [-0.2, -0.15) is 11.8 Å². The lowest BCUT2D eigenvalue weighted by Crippen LogP contribution is -2.49. The second-order valence-corrected chi connectivity index (χ2v) is 7.69. The molecule has 0 aliphatic carbocycles. The first kappa shape index (κ1) is 18.4. The molecule has 1 aliphatic heterocycles. The van der Waals surface area contributed by atoms with E-state index in [1.54, 1.807) is 28.8 Å². The zero-order valence-corrected chi connectivity index (χ0v) is 15.1. The van der Waals surface area contributed by atoms with E-state index in [2.05, 4.69) is 0 Å². The molecule has 0 saturated carbocycles. The average Bonchev–Trinajstić information content (AvgIpc) is 2.49. The molecule has 2 rings (SSSR count). The fraction of sp³-hybridized carbons (Fsp3) is 0.500. The predicted octanol–water partition coefficient (Wildman–Crippen LogP) is 3.59. The third kappa shape index (κ3) is 5.03. The molecule has 0 bridgehead atoms. The van der Waals surface area contributed by atoms with E-state index in [-0.39, 0.29) is 24.3 Å². The molecule has 1 N–H and O–H groups in total. The van der Waals surface area contributed by atoms with Crippen LogP contribution in [0.5, 0.6) is 0 Å². The van der Waals surface area contributed by atoms with Crippen LogP contribution in [0.15, 0.2) is 18.2 Å². The van der Waals surface area contributed by atoms with Gasteiger partial charge in [0, 0.05) is 34.0 Å². The van der Waals surface area contributed by atoms with E-state index < -0.39 is 5.97 Å². The van der Waals surface area contributed by atoms with E-state index in [9.17, 15) is 9.59 Å². The summed E-state index contributed by atoms with van der Waals surface area (Å²) in [6.07, 6.45) is 0.505. The first-order valence-corrected chi connectivity index (χ1v) is 9.33. The molecule has 4 nitrogen and oxygen atoms in total. The fourth-order valence-electron chi connectivity index (χ4n) is 2.70. The van der Waals surface area contributed by atoms with Crippen molar-refractivity contribution in [3.8, 4) is 0 Å². The Labute approximate surface area is 150 Å². The number of amides is 1. The lowest BCUT2D eigenvalue weighted by atomic mass is 9.98. The van der Waals surface area contributed by atoms with Gasteiger partial charge in [0.1, 0.15) is 0 Å². The predicted molar refractivity (Wildman–Crippen MR) is 94.4 cm³/mol. The molecule has 126 valence electrons. The first-order valence-electron chi connectivity index (χ1n) is 7.42. The number of hydrogen-bond acceptors (Lipinski definition) is 3. The smallest absolute Gasteiger partial charge is 0.305 e. The summed E-state index contributed by atoms with van der Waals surface area (Å²) in [5.41, 5.74) is 0.873. The van der Waals surface area contributed by atoms with Crippen LogP contribution in [0.25, 0.3) is 0 Å². The van der Waals surface area contributed by atoms with Crippen LogP contribution in [0.4, 0.5) is 0 Å². The Balaban J connectivity index is 2.06. The molecule has 7 heteroatoms. The maximum Gasteiger partial charge on any atom is 0.305 e. The summed E-state index contributed by atoms with van der Waals surface area (Å²) in [5.74, 6) is 0.377. The molecule has 2 atom stereocenters. The minimum atomic E-state index is -0.872. The normalized spacial score (nSPS) is 19.4. The summed E-state index contributed by atoms with van der Waals surface area (Å²) in [4.78, 5) is 25.4. The number of carbonyl (C=O) groups excluding carboxylic acids is 1. The maximum absolute atomic E-state index is 12.7. The van der Waals surface area contributed by atoms with Crippen LogP contribution >= 0.6 is 35.0 Å². The third-order valence-electron chi connectivity index (χ3n) is 3.88. The Morgan fingerprint density at radius 3 is 2.83 bits per heavy atom. The molecule has 0 aromatic heterocycles. The van der Waals surface area contributed by atoms with Gasteiger partial charge < -0.3 is 10.0 Å². The van der Waals surface area contributed by atoms with Crippen LogP contribution < -0.4 is 0 Å². The Morgan fingerprint density at radius 2 is 2.17 bits per heavy atom. The Morgan fingerprint density at radius 1 is 1.43 bits per heavy atom. The number of thioether (sulfide) groups is 1. The summed E-state index contributed by atoms with van der Waals surface area (Å²) >= 11 is 13.8. The molecule has 2 unspecified atom stereocenters. The number of aliphatic carboxylic acids is 1. The highest BCUT2D eigenvalue weighted by atomic mass is 35.5. The van der Waals surface area contributed by atoms with E-state index in [1.165, 1.54) is 0 Å². The van der Waals surface area contributed by atoms with Gasteiger partial charge >= 0.3 is 5.97 Å². The van der Waals surface area contributed by atoms with Crippen molar-refractivity contribution in [3.63, 3.8) is 0 Å². The Hall–Kier alpha value is -0.910. The SMILES string of the molecule is CC(Cc1ccc(Cl)cc1Cl)C(=O)N1CCSCC1CC(=O)O. The van der Waals surface area contributed by atoms with Gasteiger partial charge in [0.15, 0.2) is 0 Å². The lowest BCUT2D eigenvalue weighted by molar-refractivity contribution is -0.141. The minimum absolute atomic E-state index is 0.00678. The second-order valence-electron chi connectivity index (χ2n) is 5.70. The standard InChI is InChI=1S/C16H19Cl2NO3S/c1-10(6-11-2-3-12(17)7-14(11)18)16(22)19-4-5-23-9-13(19)8-15(20)21/h2-3,7,10,13H,4-6,8-9H2,1H3,(H,20,21). The lowest BCUT2D eigenvalue weighted by Gasteiger charge is -2.36. The summed E-state index contributed by atoms with van der Waals surface area (Å²) < 4.78 is 0. The van der Waals surface area contributed by atoms with Crippen LogP contribution in [-0.2, 0) is 16.0 Å². The molecule has 1 saturated heterocycles. The maximum atomic E-state index is 12.7. The van der Waals surface area contributed by atoms with Gasteiger partial charge in [0.05, 0.1) is 12.5 Å².